The maximum atomic E-state index is 13.5. The van der Waals surface area contributed by atoms with Gasteiger partial charge in [-0.1, -0.05) is 0 Å². The maximum Gasteiger partial charge on any atom is 0.270 e. The fourth-order valence-electron chi connectivity index (χ4n) is 1.45. The van der Waals surface area contributed by atoms with Crippen molar-refractivity contribution in [1.82, 2.24) is 4.98 Å². The Bertz CT molecular complexity index is 676. The Morgan fingerprint density at radius 1 is 1.35 bits per heavy atom. The fourth-order valence-corrected chi connectivity index (χ4v) is 1.68. The second-order valence-corrected chi connectivity index (χ2v) is 4.56. The van der Waals surface area contributed by atoms with Crippen molar-refractivity contribution in [3.63, 3.8) is 0 Å². The summed E-state index contributed by atoms with van der Waals surface area (Å²) in [5, 5.41) is 13.0. The number of hydrogen-bond acceptors (Lipinski definition) is 4. The normalized spacial score (nSPS) is 10.1. The number of amides is 1. The Hall–Kier alpha value is -2.35. The van der Waals surface area contributed by atoms with Crippen molar-refractivity contribution < 1.29 is 14.1 Å². The molecule has 0 saturated carbocycles. The van der Waals surface area contributed by atoms with E-state index >= 15 is 0 Å². The lowest BCUT2D eigenvalue weighted by molar-refractivity contribution is -0.384. The van der Waals surface area contributed by atoms with Crippen LogP contribution in [0.5, 0.6) is 0 Å². The lowest BCUT2D eigenvalue weighted by atomic mass is 10.1. The first-order chi connectivity index (χ1) is 9.47. The van der Waals surface area contributed by atoms with E-state index in [2.05, 4.69) is 26.2 Å². The summed E-state index contributed by atoms with van der Waals surface area (Å²) in [6.45, 7) is 0. The van der Waals surface area contributed by atoms with Gasteiger partial charge < -0.3 is 5.32 Å². The zero-order valence-corrected chi connectivity index (χ0v) is 11.4. The molecule has 1 N–H and O–H groups in total. The Balaban J connectivity index is 2.26. The molecule has 0 radical (unpaired) electrons. The van der Waals surface area contributed by atoms with E-state index in [1.54, 1.807) is 12.1 Å². The molecule has 0 unspecified atom stereocenters. The molecule has 0 atom stereocenters. The van der Waals surface area contributed by atoms with Crippen LogP contribution in [0.1, 0.15) is 10.4 Å². The largest absolute Gasteiger partial charge is 0.320 e. The van der Waals surface area contributed by atoms with Crippen molar-refractivity contribution in [2.24, 2.45) is 0 Å². The number of nitrogens with zero attached hydrogens (tertiary/aromatic N) is 2. The number of nitro benzene ring substituents is 1. The number of rotatable bonds is 3. The summed E-state index contributed by atoms with van der Waals surface area (Å²) in [7, 11) is 0. The van der Waals surface area contributed by atoms with E-state index in [0.29, 0.717) is 10.3 Å². The third kappa shape index (κ3) is 3.15. The molecular formula is C12H7BrFN3O3. The molecule has 1 aromatic carbocycles. The molecule has 0 aliphatic rings. The predicted octanol–water partition coefficient (Wildman–Crippen LogP) is 3.14. The molecule has 8 heteroatoms. The number of carbonyl (C=O) groups is 1. The Kier molecular flexibility index (Phi) is 4.04. The minimum Gasteiger partial charge on any atom is -0.320 e. The monoisotopic (exact) mass is 339 g/mol. The summed E-state index contributed by atoms with van der Waals surface area (Å²) >= 11 is 3.13. The zero-order valence-electron chi connectivity index (χ0n) is 9.84. The summed E-state index contributed by atoms with van der Waals surface area (Å²) in [5.74, 6) is -1.62. The number of aromatic nitrogens is 1. The van der Waals surface area contributed by atoms with Crippen molar-refractivity contribution in [2.75, 3.05) is 5.32 Å². The van der Waals surface area contributed by atoms with Gasteiger partial charge in [-0.05, 0) is 34.1 Å². The van der Waals surface area contributed by atoms with Gasteiger partial charge in [0, 0.05) is 12.1 Å². The first-order valence-corrected chi connectivity index (χ1v) is 6.13. The summed E-state index contributed by atoms with van der Waals surface area (Å²) < 4.78 is 14.1. The van der Waals surface area contributed by atoms with Gasteiger partial charge >= 0.3 is 0 Å². The van der Waals surface area contributed by atoms with Gasteiger partial charge in [0.1, 0.15) is 10.4 Å². The van der Waals surface area contributed by atoms with Gasteiger partial charge in [-0.15, -0.1) is 0 Å². The first kappa shape index (κ1) is 14.1. The van der Waals surface area contributed by atoms with Gasteiger partial charge in [-0.25, -0.2) is 9.37 Å². The number of nitrogens with one attached hydrogen (secondary N) is 1. The molecule has 0 aliphatic heterocycles. The highest BCUT2D eigenvalue weighted by Crippen LogP contribution is 2.18. The van der Waals surface area contributed by atoms with E-state index in [9.17, 15) is 19.3 Å². The third-order valence-electron chi connectivity index (χ3n) is 2.39. The summed E-state index contributed by atoms with van der Waals surface area (Å²) in [6.07, 6.45) is 1.37. The van der Waals surface area contributed by atoms with E-state index < -0.39 is 22.2 Å². The molecule has 1 amide bonds. The lowest BCUT2D eigenvalue weighted by Crippen LogP contribution is -2.14. The van der Waals surface area contributed by atoms with Gasteiger partial charge in [0.25, 0.3) is 11.6 Å². The fraction of sp³-hybridized carbons (Fsp3) is 0. The Morgan fingerprint density at radius 3 is 2.70 bits per heavy atom. The quantitative estimate of drug-likeness (QED) is 0.528. The Labute approximate surface area is 120 Å². The van der Waals surface area contributed by atoms with E-state index in [0.717, 1.165) is 18.2 Å². The van der Waals surface area contributed by atoms with Crippen molar-refractivity contribution in [3.05, 3.63) is 62.6 Å². The van der Waals surface area contributed by atoms with Crippen LogP contribution in [0.3, 0.4) is 0 Å². The smallest absolute Gasteiger partial charge is 0.270 e. The molecule has 2 rings (SSSR count). The van der Waals surface area contributed by atoms with E-state index in [1.807, 2.05) is 0 Å². The third-order valence-corrected chi connectivity index (χ3v) is 2.86. The topological polar surface area (TPSA) is 85.1 Å². The zero-order chi connectivity index (χ0) is 14.7. The van der Waals surface area contributed by atoms with Crippen molar-refractivity contribution in [2.45, 2.75) is 0 Å². The van der Waals surface area contributed by atoms with Crippen molar-refractivity contribution in [3.8, 4) is 0 Å². The van der Waals surface area contributed by atoms with Crippen LogP contribution in [0, 0.1) is 15.9 Å². The first-order valence-electron chi connectivity index (χ1n) is 5.34. The number of hydrogen-bond donors (Lipinski definition) is 1. The molecule has 0 fully saturated rings. The van der Waals surface area contributed by atoms with Crippen molar-refractivity contribution in [1.29, 1.82) is 0 Å². The summed E-state index contributed by atoms with van der Waals surface area (Å²) in [4.78, 5) is 25.7. The highest BCUT2D eigenvalue weighted by atomic mass is 79.9. The van der Waals surface area contributed by atoms with Crippen LogP contribution in [0.25, 0.3) is 0 Å². The van der Waals surface area contributed by atoms with E-state index in [1.165, 1.54) is 6.20 Å². The SMILES string of the molecule is O=C(Nc1ccc(Br)nc1)c1cc([N+](=O)[O-])ccc1F. The average molecular weight is 340 g/mol. The molecule has 0 aliphatic carbocycles. The molecule has 1 heterocycles. The van der Waals surface area contributed by atoms with Gasteiger partial charge in [0.05, 0.1) is 22.4 Å². The molecular weight excluding hydrogens is 333 g/mol. The lowest BCUT2D eigenvalue weighted by Gasteiger charge is -2.05. The van der Waals surface area contributed by atoms with Crippen LogP contribution < -0.4 is 5.32 Å². The standard InChI is InChI=1S/C12H7BrFN3O3/c13-11-4-1-7(6-15-11)16-12(18)9-5-8(17(19)20)2-3-10(9)14/h1-6H,(H,16,18). The molecule has 2 aromatic rings. The molecule has 102 valence electrons. The second kappa shape index (κ2) is 5.74. The molecule has 6 nitrogen and oxygen atoms in total. The minimum atomic E-state index is -0.835. The van der Waals surface area contributed by atoms with Gasteiger partial charge in [-0.3, -0.25) is 14.9 Å². The molecule has 0 spiro atoms. The number of benzene rings is 1. The summed E-state index contributed by atoms with van der Waals surface area (Å²) in [6, 6.07) is 5.92. The molecule has 0 saturated heterocycles. The van der Waals surface area contributed by atoms with Crippen LogP contribution in [-0.4, -0.2) is 15.8 Å². The molecule has 0 bridgehead atoms. The number of nitro groups is 1. The number of non-ortho nitro benzene ring substituents is 1. The van der Waals surface area contributed by atoms with Gasteiger partial charge in [0.15, 0.2) is 0 Å². The van der Waals surface area contributed by atoms with Crippen LogP contribution >= 0.6 is 15.9 Å². The average Bonchev–Trinajstić information content (AvgIpc) is 2.41. The number of anilines is 1. The number of pyridine rings is 1. The second-order valence-electron chi connectivity index (χ2n) is 3.74. The predicted molar refractivity (Wildman–Crippen MR) is 72.9 cm³/mol. The van der Waals surface area contributed by atoms with Crippen LogP contribution in [0.4, 0.5) is 15.8 Å². The molecule has 1 aromatic heterocycles. The van der Waals surface area contributed by atoms with Crippen molar-refractivity contribution >= 4 is 33.2 Å². The maximum absolute atomic E-state index is 13.5. The highest BCUT2D eigenvalue weighted by Gasteiger charge is 2.17. The van der Waals surface area contributed by atoms with E-state index in [-0.39, 0.29) is 5.69 Å². The van der Waals surface area contributed by atoms with Gasteiger partial charge in [0.2, 0.25) is 0 Å². The van der Waals surface area contributed by atoms with Gasteiger partial charge in [-0.2, -0.15) is 0 Å². The van der Waals surface area contributed by atoms with E-state index in [4.69, 9.17) is 0 Å². The van der Waals surface area contributed by atoms with Crippen LogP contribution in [0.2, 0.25) is 0 Å². The highest BCUT2D eigenvalue weighted by molar-refractivity contribution is 9.10. The van der Waals surface area contributed by atoms with Crippen LogP contribution in [-0.2, 0) is 0 Å². The number of halogens is 2. The minimum absolute atomic E-state index is 0.351. The van der Waals surface area contributed by atoms with Crippen LogP contribution in [0.15, 0.2) is 41.1 Å². The Morgan fingerprint density at radius 2 is 2.10 bits per heavy atom. The molecule has 20 heavy (non-hydrogen) atoms. The number of carbonyl (C=O) groups excluding carboxylic acids is 1. The summed E-state index contributed by atoms with van der Waals surface area (Å²) in [5.41, 5.74) is -0.406.